The molecule has 0 spiro atoms. The largest absolute Gasteiger partial charge is 0.330 e. The van der Waals surface area contributed by atoms with Crippen LogP contribution in [0.1, 0.15) is 17.7 Å². The predicted molar refractivity (Wildman–Crippen MR) is 65.0 cm³/mol. The molecule has 80 valence electrons. The zero-order valence-electron chi connectivity index (χ0n) is 8.70. The van der Waals surface area contributed by atoms with Gasteiger partial charge in [-0.25, -0.2) is 4.52 Å². The Bertz CT molecular complexity index is 476. The van der Waals surface area contributed by atoms with E-state index >= 15 is 0 Å². The Hall–Kier alpha value is -0.870. The van der Waals surface area contributed by atoms with Crippen molar-refractivity contribution >= 4 is 21.4 Å². The highest BCUT2D eigenvalue weighted by Crippen LogP contribution is 2.24. The van der Waals surface area contributed by atoms with Gasteiger partial charge in [-0.2, -0.15) is 5.10 Å². The zero-order chi connectivity index (χ0) is 10.8. The fourth-order valence-corrected chi connectivity index (χ4v) is 2.17. The molecule has 0 saturated heterocycles. The molecule has 0 aromatic carbocycles. The van der Waals surface area contributed by atoms with E-state index in [4.69, 9.17) is 5.73 Å². The van der Waals surface area contributed by atoms with Crippen molar-refractivity contribution < 1.29 is 0 Å². The first kappa shape index (κ1) is 10.6. The third-order valence-corrected chi connectivity index (χ3v) is 3.28. The molecule has 15 heavy (non-hydrogen) atoms. The molecule has 4 heteroatoms. The quantitative estimate of drug-likeness (QED) is 0.928. The minimum absolute atomic E-state index is 0.708. The lowest BCUT2D eigenvalue weighted by atomic mass is 10.2. The van der Waals surface area contributed by atoms with Crippen molar-refractivity contribution in [2.75, 3.05) is 6.54 Å². The van der Waals surface area contributed by atoms with Crippen molar-refractivity contribution in [2.24, 2.45) is 5.73 Å². The third kappa shape index (κ3) is 2.06. The Balaban J connectivity index is 2.45. The first-order valence-electron chi connectivity index (χ1n) is 5.06. The molecule has 0 aliphatic rings. The summed E-state index contributed by atoms with van der Waals surface area (Å²) in [5.74, 6) is 0. The second-order valence-electron chi connectivity index (χ2n) is 3.69. The standard InChI is InChI=1S/C11H14BrN3/c1-8-4-6-15-10(7-8)11(12)9(14-15)3-2-5-13/h4,6-7H,2-3,5,13H2,1H3. The molecule has 2 rings (SSSR count). The fourth-order valence-electron chi connectivity index (χ4n) is 1.60. The highest BCUT2D eigenvalue weighted by atomic mass is 79.9. The lowest BCUT2D eigenvalue weighted by Gasteiger charge is -1.94. The smallest absolute Gasteiger partial charge is 0.0809 e. The summed E-state index contributed by atoms with van der Waals surface area (Å²) >= 11 is 3.59. The second kappa shape index (κ2) is 4.33. The van der Waals surface area contributed by atoms with E-state index in [0.29, 0.717) is 6.54 Å². The molecule has 0 aliphatic heterocycles. The molecule has 0 fully saturated rings. The minimum Gasteiger partial charge on any atom is -0.330 e. The van der Waals surface area contributed by atoms with Crippen LogP contribution in [0.3, 0.4) is 0 Å². The molecule has 2 aromatic rings. The number of rotatable bonds is 3. The summed E-state index contributed by atoms with van der Waals surface area (Å²) in [5, 5.41) is 4.51. The van der Waals surface area contributed by atoms with Crippen LogP contribution in [0.2, 0.25) is 0 Å². The van der Waals surface area contributed by atoms with Crippen LogP contribution in [0.5, 0.6) is 0 Å². The highest BCUT2D eigenvalue weighted by molar-refractivity contribution is 9.10. The van der Waals surface area contributed by atoms with Crippen molar-refractivity contribution in [1.29, 1.82) is 0 Å². The van der Waals surface area contributed by atoms with E-state index in [1.54, 1.807) is 0 Å². The summed E-state index contributed by atoms with van der Waals surface area (Å²) in [4.78, 5) is 0. The maximum absolute atomic E-state index is 5.49. The monoisotopic (exact) mass is 267 g/mol. The molecule has 0 amide bonds. The van der Waals surface area contributed by atoms with Crippen LogP contribution in [-0.4, -0.2) is 16.2 Å². The van der Waals surface area contributed by atoms with E-state index in [-0.39, 0.29) is 0 Å². The molecule has 0 atom stereocenters. The van der Waals surface area contributed by atoms with Crippen LogP contribution < -0.4 is 5.73 Å². The van der Waals surface area contributed by atoms with Gasteiger partial charge in [-0.1, -0.05) is 0 Å². The van der Waals surface area contributed by atoms with E-state index in [2.05, 4.69) is 40.1 Å². The molecular formula is C11H14BrN3. The highest BCUT2D eigenvalue weighted by Gasteiger charge is 2.09. The van der Waals surface area contributed by atoms with Gasteiger partial charge >= 0.3 is 0 Å². The van der Waals surface area contributed by atoms with Crippen molar-refractivity contribution in [3.8, 4) is 0 Å². The zero-order valence-corrected chi connectivity index (χ0v) is 10.3. The molecular weight excluding hydrogens is 254 g/mol. The number of halogens is 1. The van der Waals surface area contributed by atoms with Gasteiger partial charge in [0.25, 0.3) is 0 Å². The van der Waals surface area contributed by atoms with E-state index in [1.807, 2.05) is 10.7 Å². The molecule has 0 saturated carbocycles. The number of hydrogen-bond acceptors (Lipinski definition) is 2. The van der Waals surface area contributed by atoms with Gasteiger partial charge in [0, 0.05) is 6.20 Å². The minimum atomic E-state index is 0.708. The first-order chi connectivity index (χ1) is 7.22. The van der Waals surface area contributed by atoms with E-state index in [1.165, 1.54) is 5.56 Å². The van der Waals surface area contributed by atoms with Crippen molar-refractivity contribution in [2.45, 2.75) is 19.8 Å². The van der Waals surface area contributed by atoms with Gasteiger partial charge in [0.15, 0.2) is 0 Å². The number of aryl methyl sites for hydroxylation is 2. The van der Waals surface area contributed by atoms with Crippen LogP contribution in [-0.2, 0) is 6.42 Å². The summed E-state index contributed by atoms with van der Waals surface area (Å²) < 4.78 is 3.00. The van der Waals surface area contributed by atoms with Crippen LogP contribution in [0.15, 0.2) is 22.8 Å². The number of hydrogen-bond donors (Lipinski definition) is 1. The van der Waals surface area contributed by atoms with Gasteiger partial charge in [-0.05, 0) is 59.9 Å². The maximum atomic E-state index is 5.49. The Morgan fingerprint density at radius 1 is 1.53 bits per heavy atom. The number of pyridine rings is 1. The molecule has 3 nitrogen and oxygen atoms in total. The summed E-state index contributed by atoms with van der Waals surface area (Å²) in [6, 6.07) is 4.18. The van der Waals surface area contributed by atoms with E-state index < -0.39 is 0 Å². The van der Waals surface area contributed by atoms with Crippen molar-refractivity contribution in [1.82, 2.24) is 9.61 Å². The molecule has 2 heterocycles. The molecule has 0 bridgehead atoms. The van der Waals surface area contributed by atoms with Crippen molar-refractivity contribution in [3.05, 3.63) is 34.1 Å². The van der Waals surface area contributed by atoms with Gasteiger partial charge in [0.2, 0.25) is 0 Å². The Morgan fingerprint density at radius 2 is 2.33 bits per heavy atom. The van der Waals surface area contributed by atoms with E-state index in [0.717, 1.165) is 28.5 Å². The number of fused-ring (bicyclic) bond motifs is 1. The number of aromatic nitrogens is 2. The lowest BCUT2D eigenvalue weighted by Crippen LogP contribution is -2.01. The van der Waals surface area contributed by atoms with Crippen LogP contribution in [0.4, 0.5) is 0 Å². The average molecular weight is 268 g/mol. The van der Waals surface area contributed by atoms with Crippen LogP contribution >= 0.6 is 15.9 Å². The van der Waals surface area contributed by atoms with E-state index in [9.17, 15) is 0 Å². The van der Waals surface area contributed by atoms with Gasteiger partial charge in [-0.3, -0.25) is 0 Å². The van der Waals surface area contributed by atoms with Crippen LogP contribution in [0, 0.1) is 6.92 Å². The first-order valence-corrected chi connectivity index (χ1v) is 5.85. The van der Waals surface area contributed by atoms with Gasteiger partial charge in [-0.15, -0.1) is 0 Å². The number of nitrogens with two attached hydrogens (primary N) is 1. The average Bonchev–Trinajstić information content (AvgIpc) is 2.53. The molecule has 0 aliphatic carbocycles. The molecule has 2 aromatic heterocycles. The molecule has 0 radical (unpaired) electrons. The molecule has 0 unspecified atom stereocenters. The Labute approximate surface area is 97.4 Å². The maximum Gasteiger partial charge on any atom is 0.0809 e. The summed E-state index contributed by atoms with van der Waals surface area (Å²) in [6.07, 6.45) is 3.89. The van der Waals surface area contributed by atoms with Crippen LogP contribution in [0.25, 0.3) is 5.52 Å². The van der Waals surface area contributed by atoms with Crippen molar-refractivity contribution in [3.63, 3.8) is 0 Å². The third-order valence-electron chi connectivity index (χ3n) is 2.41. The van der Waals surface area contributed by atoms with Gasteiger partial charge in [0.1, 0.15) is 0 Å². The van der Waals surface area contributed by atoms with Gasteiger partial charge < -0.3 is 5.73 Å². The topological polar surface area (TPSA) is 43.3 Å². The predicted octanol–water partition coefficient (Wildman–Crippen LogP) is 2.30. The Kier molecular flexibility index (Phi) is 3.07. The Morgan fingerprint density at radius 3 is 3.07 bits per heavy atom. The second-order valence-corrected chi connectivity index (χ2v) is 4.48. The SMILES string of the molecule is Cc1ccn2nc(CCCN)c(Br)c2c1. The summed E-state index contributed by atoms with van der Waals surface area (Å²) in [6.45, 7) is 2.79. The normalized spacial score (nSPS) is 11.1. The lowest BCUT2D eigenvalue weighted by molar-refractivity contribution is 0.787. The number of nitrogens with zero attached hydrogens (tertiary/aromatic N) is 2. The summed E-state index contributed by atoms with van der Waals surface area (Å²) in [5.41, 5.74) is 8.95. The fraction of sp³-hybridized carbons (Fsp3) is 0.364. The van der Waals surface area contributed by atoms with Gasteiger partial charge in [0.05, 0.1) is 15.7 Å². The molecule has 2 N–H and O–H groups in total. The summed E-state index contributed by atoms with van der Waals surface area (Å²) in [7, 11) is 0.